The molecule has 2 atom stereocenters. The summed E-state index contributed by atoms with van der Waals surface area (Å²) in [6, 6.07) is 0. The van der Waals surface area contributed by atoms with Gasteiger partial charge in [0.15, 0.2) is 6.10 Å². The van der Waals surface area contributed by atoms with Crippen LogP contribution < -0.4 is 4.89 Å². The fraction of sp³-hybridized carbons (Fsp3) is 0.628. The van der Waals surface area contributed by atoms with Crippen LogP contribution in [0, 0.1) is 0 Å². The van der Waals surface area contributed by atoms with Gasteiger partial charge in [-0.2, -0.15) is 0 Å². The quantitative estimate of drug-likeness (QED) is 0.0195. The lowest BCUT2D eigenvalue weighted by atomic mass is 10.0. The van der Waals surface area contributed by atoms with Crippen LogP contribution in [0.4, 0.5) is 0 Å². The van der Waals surface area contributed by atoms with E-state index in [9.17, 15) is 19.0 Å². The molecule has 0 rings (SSSR count). The average molecular weight is 1350 g/mol. The van der Waals surface area contributed by atoms with Gasteiger partial charge < -0.3 is 27.9 Å². The standard InChI is InChI=1S/C86H142NO8P/c1-6-8-10-12-14-16-18-20-22-24-26-28-30-32-34-36-38-40-41-42-43-44-45-47-49-51-53-55-57-59-61-63-65-67-69-71-73-75-77-79-86(89)95-84(83-94-96(90,91)93-81-80-87(3,4)5)82-92-85(88)78-76-74-72-70-68-66-64-62-60-58-56-54-52-50-48-46-39-37-35-33-31-29-27-25-23-21-19-17-15-13-11-9-7-2/h8,10,14,16,19-22,25-28,31-34,38,40,42-43,45,47,51,53,57,59,63,65,69,71,84H,6-7,9,11-13,15,17-18,23-24,29-30,35-37,39,41,44,46,48-50,52,54-56,58,60-62,64,66-68,70,72-83H2,1-5H3/b10-8-,16-14-,21-19-,22-20-,27-25-,28-26-,33-31-,34-32-,40-38-,43-42-,47-45-,53-51-,59-57-,65-63-,71-69-. The number of phosphoric acid groups is 1. The number of rotatable bonds is 69. The fourth-order valence-corrected chi connectivity index (χ4v) is 10.8. The van der Waals surface area contributed by atoms with E-state index in [1.54, 1.807) is 0 Å². The Morgan fingerprint density at radius 1 is 0.333 bits per heavy atom. The summed E-state index contributed by atoms with van der Waals surface area (Å²) in [5.41, 5.74) is 0. The van der Waals surface area contributed by atoms with E-state index in [0.717, 1.165) is 122 Å². The maximum atomic E-state index is 12.9. The minimum Gasteiger partial charge on any atom is -0.756 e. The van der Waals surface area contributed by atoms with Gasteiger partial charge in [0.25, 0.3) is 7.82 Å². The zero-order chi connectivity index (χ0) is 69.7. The van der Waals surface area contributed by atoms with E-state index in [4.69, 9.17) is 18.5 Å². The normalized spacial score (nSPS) is 14.1. The lowest BCUT2D eigenvalue weighted by Gasteiger charge is -2.28. The first kappa shape index (κ1) is 91.1. The molecular formula is C86H142NO8P. The Labute approximate surface area is 591 Å². The molecule has 2 unspecified atom stereocenters. The van der Waals surface area contributed by atoms with E-state index in [2.05, 4.69) is 196 Å². The highest BCUT2D eigenvalue weighted by Gasteiger charge is 2.22. The predicted octanol–water partition coefficient (Wildman–Crippen LogP) is 25.2. The number of ether oxygens (including phenoxy) is 2. The molecule has 0 aromatic carbocycles. The summed E-state index contributed by atoms with van der Waals surface area (Å²) >= 11 is 0. The van der Waals surface area contributed by atoms with Gasteiger partial charge in [-0.1, -0.05) is 325 Å². The molecule has 0 fully saturated rings. The van der Waals surface area contributed by atoms with Crippen molar-refractivity contribution in [3.8, 4) is 0 Å². The number of unbranched alkanes of at least 4 members (excludes halogenated alkanes) is 25. The highest BCUT2D eigenvalue weighted by atomic mass is 31.2. The van der Waals surface area contributed by atoms with Crippen molar-refractivity contribution in [3.63, 3.8) is 0 Å². The Hall–Kier alpha value is -4.89. The number of carbonyl (C=O) groups excluding carboxylic acids is 2. The van der Waals surface area contributed by atoms with Gasteiger partial charge in [0.05, 0.1) is 27.7 Å². The fourth-order valence-electron chi connectivity index (χ4n) is 10.1. The summed E-state index contributed by atoms with van der Waals surface area (Å²) in [5, 5.41) is 0. The minimum absolute atomic E-state index is 0.0480. The van der Waals surface area contributed by atoms with Gasteiger partial charge in [0.1, 0.15) is 19.8 Å². The maximum Gasteiger partial charge on any atom is 0.306 e. The number of hydrogen-bond acceptors (Lipinski definition) is 8. The van der Waals surface area contributed by atoms with Gasteiger partial charge in [0, 0.05) is 12.8 Å². The van der Waals surface area contributed by atoms with Gasteiger partial charge >= 0.3 is 11.9 Å². The molecular weight excluding hydrogens is 1210 g/mol. The molecule has 0 heterocycles. The molecule has 0 radical (unpaired) electrons. The topological polar surface area (TPSA) is 111 Å². The van der Waals surface area contributed by atoms with E-state index in [0.29, 0.717) is 17.4 Å². The number of hydrogen-bond donors (Lipinski definition) is 0. The van der Waals surface area contributed by atoms with Crippen LogP contribution in [0.2, 0.25) is 0 Å². The second kappa shape index (κ2) is 74.3. The average Bonchev–Trinajstić information content (AvgIpc) is 1.98. The summed E-state index contributed by atoms with van der Waals surface area (Å²) in [4.78, 5) is 38.1. The minimum atomic E-state index is -4.67. The van der Waals surface area contributed by atoms with E-state index < -0.39 is 32.5 Å². The number of nitrogens with zero attached hydrogens (tertiary/aromatic N) is 1. The Balaban J connectivity index is 4.15. The summed E-state index contributed by atoms with van der Waals surface area (Å²) in [6.07, 6.45) is 114. The molecule has 0 aliphatic heterocycles. The number of carbonyl (C=O) groups is 2. The molecule has 96 heavy (non-hydrogen) atoms. The van der Waals surface area contributed by atoms with E-state index in [1.165, 1.54) is 141 Å². The molecule has 0 aliphatic rings. The number of likely N-dealkylation sites (N-methyl/N-ethyl adjacent to an activating group) is 1. The molecule has 0 saturated heterocycles. The Morgan fingerprint density at radius 3 is 0.906 bits per heavy atom. The van der Waals surface area contributed by atoms with Crippen molar-refractivity contribution >= 4 is 19.8 Å². The lowest BCUT2D eigenvalue weighted by Crippen LogP contribution is -2.37. The predicted molar refractivity (Wildman–Crippen MR) is 415 cm³/mol. The summed E-state index contributed by atoms with van der Waals surface area (Å²) in [7, 11) is 1.12. The van der Waals surface area contributed by atoms with E-state index >= 15 is 0 Å². The number of allylic oxidation sites excluding steroid dienone is 30. The zero-order valence-corrected chi connectivity index (χ0v) is 62.9. The molecule has 9 nitrogen and oxygen atoms in total. The van der Waals surface area contributed by atoms with Crippen LogP contribution in [0.15, 0.2) is 182 Å². The second-order valence-electron chi connectivity index (χ2n) is 26.3. The first-order valence-electron chi connectivity index (χ1n) is 38.5. The molecule has 0 bridgehead atoms. The van der Waals surface area contributed by atoms with Crippen molar-refractivity contribution in [2.24, 2.45) is 0 Å². The monoisotopic (exact) mass is 1350 g/mol. The van der Waals surface area contributed by atoms with Crippen molar-refractivity contribution in [1.29, 1.82) is 0 Å². The molecule has 10 heteroatoms. The third-order valence-corrected chi connectivity index (χ3v) is 16.9. The molecule has 0 amide bonds. The van der Waals surface area contributed by atoms with Crippen LogP contribution in [0.1, 0.15) is 296 Å². The largest absolute Gasteiger partial charge is 0.756 e. The summed E-state index contributed by atoms with van der Waals surface area (Å²) in [5.74, 6) is -0.890. The highest BCUT2D eigenvalue weighted by Crippen LogP contribution is 2.38. The van der Waals surface area contributed by atoms with Gasteiger partial charge in [-0.25, -0.2) is 0 Å². The van der Waals surface area contributed by atoms with Crippen molar-refractivity contribution < 1.29 is 42.1 Å². The Bertz CT molecular complexity index is 2280. The van der Waals surface area contributed by atoms with Crippen molar-refractivity contribution in [1.82, 2.24) is 0 Å². The molecule has 0 aromatic rings. The molecule has 544 valence electrons. The molecule has 0 saturated carbocycles. The van der Waals surface area contributed by atoms with Crippen LogP contribution in [0.5, 0.6) is 0 Å². The van der Waals surface area contributed by atoms with Crippen LogP contribution in [-0.4, -0.2) is 70.0 Å². The first-order valence-corrected chi connectivity index (χ1v) is 40.0. The van der Waals surface area contributed by atoms with Crippen molar-refractivity contribution in [3.05, 3.63) is 182 Å². The summed E-state index contributed by atoms with van der Waals surface area (Å²) < 4.78 is 34.3. The third kappa shape index (κ3) is 78.1. The first-order chi connectivity index (χ1) is 47.0. The van der Waals surface area contributed by atoms with E-state index in [-0.39, 0.29) is 26.1 Å². The summed E-state index contributed by atoms with van der Waals surface area (Å²) in [6.45, 7) is 4.06. The number of quaternary nitrogens is 1. The third-order valence-electron chi connectivity index (χ3n) is 15.9. The molecule has 0 N–H and O–H groups in total. The number of esters is 2. The van der Waals surface area contributed by atoms with Crippen LogP contribution in [0.3, 0.4) is 0 Å². The van der Waals surface area contributed by atoms with E-state index in [1.807, 2.05) is 21.1 Å². The van der Waals surface area contributed by atoms with Crippen molar-refractivity contribution in [2.75, 3.05) is 47.5 Å². The Kier molecular flexibility index (Phi) is 70.5. The van der Waals surface area contributed by atoms with Crippen LogP contribution in [0.25, 0.3) is 0 Å². The zero-order valence-electron chi connectivity index (χ0n) is 62.0. The van der Waals surface area contributed by atoms with Crippen LogP contribution >= 0.6 is 7.82 Å². The number of phosphoric ester groups is 1. The highest BCUT2D eigenvalue weighted by molar-refractivity contribution is 7.45. The molecule has 0 aliphatic carbocycles. The lowest BCUT2D eigenvalue weighted by molar-refractivity contribution is -0.870. The smallest absolute Gasteiger partial charge is 0.306 e. The molecule has 0 spiro atoms. The van der Waals surface area contributed by atoms with Gasteiger partial charge in [-0.05, 0) is 141 Å². The molecule has 0 aromatic heterocycles. The van der Waals surface area contributed by atoms with Gasteiger partial charge in [0.2, 0.25) is 0 Å². The van der Waals surface area contributed by atoms with Crippen LogP contribution in [-0.2, 0) is 32.7 Å². The van der Waals surface area contributed by atoms with Gasteiger partial charge in [-0.15, -0.1) is 0 Å². The Morgan fingerprint density at radius 2 is 0.594 bits per heavy atom. The maximum absolute atomic E-state index is 12.9. The van der Waals surface area contributed by atoms with Gasteiger partial charge in [-0.3, -0.25) is 14.2 Å². The van der Waals surface area contributed by atoms with Crippen molar-refractivity contribution in [2.45, 2.75) is 302 Å². The second-order valence-corrected chi connectivity index (χ2v) is 27.7. The SMILES string of the molecule is CC/C=C\C/C=C\C/C=C\C/C=C\C/C=C\C/C=C\C/C=C\C/C=C\C/C=C\C/C=C\C/C=C\C/C=C\CCCCC(=O)OC(COC(=O)CCCCCCCCCCCCCCCCCCCC/C=C\C/C=C\C/C=C\CCCCCCC)COP(=O)([O-])OCC[N+](C)(C)C.